The normalized spacial score (nSPS) is 16.7. The Labute approximate surface area is 169 Å². The topological polar surface area (TPSA) is 83.9 Å². The zero-order valence-corrected chi connectivity index (χ0v) is 17.1. The summed E-state index contributed by atoms with van der Waals surface area (Å²) in [5.74, 6) is 0. The van der Waals surface area contributed by atoms with Crippen molar-refractivity contribution in [3.8, 4) is 0 Å². The third kappa shape index (κ3) is 3.42. The van der Waals surface area contributed by atoms with Gasteiger partial charge in [0.25, 0.3) is 0 Å². The van der Waals surface area contributed by atoms with Crippen LogP contribution in [0.3, 0.4) is 0 Å². The van der Waals surface area contributed by atoms with E-state index in [1.807, 2.05) is 30.9 Å². The average Bonchev–Trinajstić information content (AvgIpc) is 3.34. The van der Waals surface area contributed by atoms with Crippen molar-refractivity contribution in [1.29, 1.82) is 0 Å². The second-order valence-electron chi connectivity index (χ2n) is 7.81. The molecule has 5 rings (SSSR count). The molecule has 1 fully saturated rings. The zero-order valence-electron chi connectivity index (χ0n) is 16.2. The summed E-state index contributed by atoms with van der Waals surface area (Å²) in [5.41, 5.74) is 4.01. The minimum Gasteiger partial charge on any atom is -0.346 e. The van der Waals surface area contributed by atoms with Crippen LogP contribution >= 0.6 is 0 Å². The lowest BCUT2D eigenvalue weighted by Crippen LogP contribution is -2.34. The molecule has 0 aliphatic carbocycles. The molecular formula is C21H23N5O2S. The van der Waals surface area contributed by atoms with Crippen molar-refractivity contribution in [1.82, 2.24) is 24.4 Å². The summed E-state index contributed by atoms with van der Waals surface area (Å²) >= 11 is 0. The second kappa shape index (κ2) is 6.96. The number of hydrogen-bond donors (Lipinski definition) is 1. The van der Waals surface area contributed by atoms with Crippen molar-refractivity contribution < 1.29 is 8.42 Å². The molecule has 0 amide bonds. The first kappa shape index (κ1) is 18.3. The van der Waals surface area contributed by atoms with E-state index < -0.39 is 9.84 Å². The Kier molecular flexibility index (Phi) is 4.40. The molecular weight excluding hydrogens is 386 g/mol. The first-order chi connectivity index (χ1) is 14.0. The van der Waals surface area contributed by atoms with Crippen LogP contribution in [0.15, 0.2) is 53.9 Å². The smallest absolute Gasteiger partial charge is 0.175 e. The van der Waals surface area contributed by atoms with Crippen LogP contribution in [0.2, 0.25) is 0 Å². The number of fused-ring (bicyclic) bond motifs is 3. The predicted octanol–water partition coefficient (Wildman–Crippen LogP) is 3.15. The SMILES string of the molecule is CS(=O)(=O)c1cccc(CN2CCC(n3cnc4cnc5[nH]ccc5c43)CC2)c1. The van der Waals surface area contributed by atoms with E-state index in [9.17, 15) is 8.42 Å². The van der Waals surface area contributed by atoms with Gasteiger partial charge in [0.15, 0.2) is 9.84 Å². The van der Waals surface area contributed by atoms with Crippen molar-refractivity contribution in [3.63, 3.8) is 0 Å². The highest BCUT2D eigenvalue weighted by Crippen LogP contribution is 2.30. The third-order valence-electron chi connectivity index (χ3n) is 5.80. The van der Waals surface area contributed by atoms with Crippen LogP contribution in [-0.2, 0) is 16.4 Å². The number of aromatic amines is 1. The molecule has 150 valence electrons. The molecule has 4 heterocycles. The number of rotatable bonds is 4. The van der Waals surface area contributed by atoms with E-state index in [2.05, 4.69) is 30.5 Å². The molecule has 1 aliphatic heterocycles. The van der Waals surface area contributed by atoms with Crippen molar-refractivity contribution in [2.75, 3.05) is 19.3 Å². The standard InChI is InChI=1S/C21H23N5O2S/c1-29(27,28)17-4-2-3-15(11-17)13-25-9-6-16(7-10-25)26-14-24-19-12-23-21-18(20(19)26)5-8-22-21/h2-5,8,11-12,14,16H,6-7,9-10,13H2,1H3,(H,22,23). The van der Waals surface area contributed by atoms with Gasteiger partial charge in [0, 0.05) is 43.5 Å². The number of nitrogens with one attached hydrogen (secondary N) is 1. The second-order valence-corrected chi connectivity index (χ2v) is 9.83. The Morgan fingerprint density at radius 3 is 2.79 bits per heavy atom. The fraction of sp³-hybridized carbons (Fsp3) is 0.333. The lowest BCUT2D eigenvalue weighted by Gasteiger charge is -2.33. The molecule has 0 spiro atoms. The van der Waals surface area contributed by atoms with Gasteiger partial charge in [0.05, 0.1) is 22.9 Å². The van der Waals surface area contributed by atoms with Gasteiger partial charge in [-0.2, -0.15) is 0 Å². The van der Waals surface area contributed by atoms with Crippen LogP contribution in [-0.4, -0.2) is 52.2 Å². The monoisotopic (exact) mass is 409 g/mol. The summed E-state index contributed by atoms with van der Waals surface area (Å²) in [5, 5.41) is 1.11. The first-order valence-electron chi connectivity index (χ1n) is 9.79. The van der Waals surface area contributed by atoms with Gasteiger partial charge in [0.2, 0.25) is 0 Å². The Morgan fingerprint density at radius 2 is 2.00 bits per heavy atom. The number of likely N-dealkylation sites (tertiary alicyclic amines) is 1. The fourth-order valence-corrected chi connectivity index (χ4v) is 4.99. The maximum Gasteiger partial charge on any atom is 0.175 e. The summed E-state index contributed by atoms with van der Waals surface area (Å²) in [6.45, 7) is 2.70. The number of hydrogen-bond acceptors (Lipinski definition) is 5. The molecule has 0 radical (unpaired) electrons. The summed E-state index contributed by atoms with van der Waals surface area (Å²) in [6, 6.07) is 9.74. The molecule has 4 aromatic rings. The number of H-pyrrole nitrogens is 1. The quantitative estimate of drug-likeness (QED) is 0.560. The van der Waals surface area contributed by atoms with E-state index in [0.717, 1.165) is 60.1 Å². The molecule has 29 heavy (non-hydrogen) atoms. The van der Waals surface area contributed by atoms with Gasteiger partial charge in [-0.15, -0.1) is 0 Å². The average molecular weight is 410 g/mol. The molecule has 0 bridgehead atoms. The number of aromatic nitrogens is 4. The third-order valence-corrected chi connectivity index (χ3v) is 6.91. The molecule has 8 heteroatoms. The van der Waals surface area contributed by atoms with E-state index in [-0.39, 0.29) is 0 Å². The van der Waals surface area contributed by atoms with Crippen molar-refractivity contribution in [2.45, 2.75) is 30.3 Å². The molecule has 3 aromatic heterocycles. The van der Waals surface area contributed by atoms with E-state index in [1.54, 1.807) is 12.1 Å². The lowest BCUT2D eigenvalue weighted by atomic mass is 10.0. The van der Waals surface area contributed by atoms with Gasteiger partial charge in [-0.25, -0.2) is 18.4 Å². The van der Waals surface area contributed by atoms with Gasteiger partial charge in [-0.1, -0.05) is 12.1 Å². The van der Waals surface area contributed by atoms with Gasteiger partial charge in [-0.3, -0.25) is 4.90 Å². The van der Waals surface area contributed by atoms with Crippen LogP contribution in [0.5, 0.6) is 0 Å². The summed E-state index contributed by atoms with van der Waals surface area (Å²) < 4.78 is 25.9. The van der Waals surface area contributed by atoms with Crippen molar-refractivity contribution >= 4 is 31.9 Å². The molecule has 0 atom stereocenters. The van der Waals surface area contributed by atoms with Crippen LogP contribution in [0.4, 0.5) is 0 Å². The summed E-state index contributed by atoms with van der Waals surface area (Å²) in [7, 11) is -3.17. The Bertz CT molecular complexity index is 1280. The molecule has 0 saturated carbocycles. The van der Waals surface area contributed by atoms with Crippen LogP contribution < -0.4 is 0 Å². The minimum atomic E-state index is -3.17. The molecule has 0 unspecified atom stereocenters. The summed E-state index contributed by atoms with van der Waals surface area (Å²) in [4.78, 5) is 14.9. The van der Waals surface area contributed by atoms with Gasteiger partial charge in [0.1, 0.15) is 11.2 Å². The Balaban J connectivity index is 1.32. The number of imidazole rings is 1. The molecule has 1 aromatic carbocycles. The van der Waals surface area contributed by atoms with E-state index in [0.29, 0.717) is 10.9 Å². The van der Waals surface area contributed by atoms with Gasteiger partial charge >= 0.3 is 0 Å². The maximum absolute atomic E-state index is 11.8. The van der Waals surface area contributed by atoms with Gasteiger partial charge in [-0.05, 0) is 36.6 Å². The highest BCUT2D eigenvalue weighted by atomic mass is 32.2. The molecule has 1 N–H and O–H groups in total. The lowest BCUT2D eigenvalue weighted by molar-refractivity contribution is 0.181. The molecule has 1 saturated heterocycles. The van der Waals surface area contributed by atoms with E-state index in [1.165, 1.54) is 6.26 Å². The first-order valence-corrected chi connectivity index (χ1v) is 11.7. The number of benzene rings is 1. The van der Waals surface area contributed by atoms with Gasteiger partial charge < -0.3 is 9.55 Å². The maximum atomic E-state index is 11.8. The number of nitrogens with zero attached hydrogens (tertiary/aromatic N) is 4. The number of piperidine rings is 1. The summed E-state index contributed by atoms with van der Waals surface area (Å²) in [6.07, 6.45) is 9.01. The van der Waals surface area contributed by atoms with Crippen molar-refractivity contribution in [2.24, 2.45) is 0 Å². The highest BCUT2D eigenvalue weighted by molar-refractivity contribution is 7.90. The molecule has 1 aliphatic rings. The van der Waals surface area contributed by atoms with Crippen molar-refractivity contribution in [3.05, 3.63) is 54.6 Å². The Hall–Kier alpha value is -2.71. The Morgan fingerprint density at radius 1 is 1.17 bits per heavy atom. The predicted molar refractivity (Wildman–Crippen MR) is 112 cm³/mol. The van der Waals surface area contributed by atoms with Crippen LogP contribution in [0.1, 0.15) is 24.4 Å². The number of pyridine rings is 1. The largest absolute Gasteiger partial charge is 0.346 e. The molecule has 7 nitrogen and oxygen atoms in total. The fourth-order valence-electron chi connectivity index (χ4n) is 4.30. The van der Waals surface area contributed by atoms with E-state index in [4.69, 9.17) is 0 Å². The van der Waals surface area contributed by atoms with Crippen LogP contribution in [0, 0.1) is 0 Å². The minimum absolute atomic E-state index is 0.388. The van der Waals surface area contributed by atoms with E-state index >= 15 is 0 Å². The van der Waals surface area contributed by atoms with Crippen LogP contribution in [0.25, 0.3) is 22.1 Å². The highest BCUT2D eigenvalue weighted by Gasteiger charge is 2.23. The zero-order chi connectivity index (χ0) is 20.0. The number of sulfone groups is 1.